The van der Waals surface area contributed by atoms with E-state index in [0.717, 1.165) is 16.7 Å². The van der Waals surface area contributed by atoms with E-state index in [1.165, 1.54) is 11.8 Å². The van der Waals surface area contributed by atoms with Gasteiger partial charge in [-0.25, -0.2) is 9.79 Å². The monoisotopic (exact) mass is 496 g/mol. The molecule has 7 heteroatoms. The number of hydrogen-bond acceptors (Lipinski definition) is 7. The van der Waals surface area contributed by atoms with E-state index >= 15 is 0 Å². The summed E-state index contributed by atoms with van der Waals surface area (Å²) in [5.41, 5.74) is 4.05. The van der Waals surface area contributed by atoms with Gasteiger partial charge in [-0.15, -0.1) is 0 Å². The lowest BCUT2D eigenvalue weighted by Crippen LogP contribution is -2.12. The van der Waals surface area contributed by atoms with Crippen molar-refractivity contribution in [1.29, 1.82) is 5.26 Å². The highest BCUT2D eigenvalue weighted by Gasteiger charge is 2.33. The molecule has 0 radical (unpaired) electrons. The van der Waals surface area contributed by atoms with Gasteiger partial charge in [0.15, 0.2) is 0 Å². The normalized spacial score (nSPS) is 15.2. The number of ether oxygens (including phenoxy) is 2. The van der Waals surface area contributed by atoms with Gasteiger partial charge in [-0.2, -0.15) is 5.26 Å². The number of benzene rings is 3. The van der Waals surface area contributed by atoms with Crippen LogP contribution in [0.1, 0.15) is 29.2 Å². The molecule has 1 heterocycles. The number of carbonyl (C=O) groups is 1. The number of rotatable bonds is 7. The van der Waals surface area contributed by atoms with Gasteiger partial charge in [-0.3, -0.25) is 0 Å². The SMILES string of the molecule is CCOC(=O)C1=C(O)C(=Cc2ccc(OCc3ccccc3C#N)cc2)SC1=Nc1ccc(C)cc1. The Bertz CT molecular complexity index is 1400. The first-order chi connectivity index (χ1) is 17.5. The van der Waals surface area contributed by atoms with Gasteiger partial charge in [-0.05, 0) is 55.8 Å². The Morgan fingerprint density at radius 1 is 1.08 bits per heavy atom. The Morgan fingerprint density at radius 3 is 2.50 bits per heavy atom. The van der Waals surface area contributed by atoms with Crippen LogP contribution in [0.2, 0.25) is 0 Å². The summed E-state index contributed by atoms with van der Waals surface area (Å²) in [6.07, 6.45) is 1.78. The second kappa shape index (κ2) is 11.4. The molecule has 0 bridgehead atoms. The van der Waals surface area contributed by atoms with Gasteiger partial charge in [-0.1, -0.05) is 59.8 Å². The fraction of sp³-hybridized carbons (Fsp3) is 0.138. The van der Waals surface area contributed by atoms with Crippen LogP contribution < -0.4 is 4.74 Å². The first-order valence-electron chi connectivity index (χ1n) is 11.4. The minimum atomic E-state index is -0.613. The Balaban J connectivity index is 1.55. The van der Waals surface area contributed by atoms with Crippen molar-refractivity contribution in [2.75, 3.05) is 6.61 Å². The largest absolute Gasteiger partial charge is 0.506 e. The molecule has 0 aromatic heterocycles. The lowest BCUT2D eigenvalue weighted by atomic mass is 10.1. The van der Waals surface area contributed by atoms with Crippen LogP contribution in [0.25, 0.3) is 6.08 Å². The van der Waals surface area contributed by atoms with Gasteiger partial charge in [0.05, 0.1) is 28.8 Å². The molecule has 0 fully saturated rings. The van der Waals surface area contributed by atoms with Crippen LogP contribution in [0.15, 0.2) is 94.0 Å². The van der Waals surface area contributed by atoms with E-state index in [0.29, 0.717) is 26.9 Å². The molecule has 0 amide bonds. The summed E-state index contributed by atoms with van der Waals surface area (Å²) in [4.78, 5) is 17.7. The molecule has 0 saturated carbocycles. The quantitative estimate of drug-likeness (QED) is 0.369. The van der Waals surface area contributed by atoms with Crippen molar-refractivity contribution in [3.05, 3.63) is 111 Å². The Morgan fingerprint density at radius 2 is 1.81 bits per heavy atom. The van der Waals surface area contributed by atoms with Crippen LogP contribution in [0.4, 0.5) is 5.69 Å². The number of aliphatic hydroxyl groups is 1. The van der Waals surface area contributed by atoms with Crippen molar-refractivity contribution >= 4 is 34.5 Å². The zero-order valence-electron chi connectivity index (χ0n) is 19.9. The van der Waals surface area contributed by atoms with Crippen molar-refractivity contribution in [3.63, 3.8) is 0 Å². The number of aliphatic imine (C=N–C) groups is 1. The fourth-order valence-electron chi connectivity index (χ4n) is 3.46. The Kier molecular flexibility index (Phi) is 7.89. The average molecular weight is 497 g/mol. The molecule has 3 aromatic carbocycles. The van der Waals surface area contributed by atoms with Crippen molar-refractivity contribution in [3.8, 4) is 11.8 Å². The highest BCUT2D eigenvalue weighted by molar-refractivity contribution is 8.18. The van der Waals surface area contributed by atoms with E-state index in [1.807, 2.05) is 73.7 Å². The summed E-state index contributed by atoms with van der Waals surface area (Å²) in [6.45, 7) is 4.18. The van der Waals surface area contributed by atoms with E-state index in [2.05, 4.69) is 11.1 Å². The summed E-state index contributed by atoms with van der Waals surface area (Å²) in [5.74, 6) is -0.117. The van der Waals surface area contributed by atoms with Crippen LogP contribution in [0.5, 0.6) is 5.75 Å². The molecular formula is C29H24N2O4S. The van der Waals surface area contributed by atoms with Crippen LogP contribution >= 0.6 is 11.8 Å². The fourth-order valence-corrected chi connectivity index (χ4v) is 4.49. The highest BCUT2D eigenvalue weighted by atomic mass is 32.2. The number of thioether (sulfide) groups is 1. The summed E-state index contributed by atoms with van der Waals surface area (Å²) in [6, 6.07) is 24.4. The molecule has 0 aliphatic carbocycles. The molecule has 0 unspecified atom stereocenters. The molecule has 0 spiro atoms. The lowest BCUT2D eigenvalue weighted by molar-refractivity contribution is -0.138. The van der Waals surface area contributed by atoms with Crippen molar-refractivity contribution in [2.24, 2.45) is 4.99 Å². The zero-order valence-corrected chi connectivity index (χ0v) is 20.7. The van der Waals surface area contributed by atoms with E-state index in [-0.39, 0.29) is 24.5 Å². The standard InChI is InChI=1S/C29H24N2O4S/c1-3-34-29(33)26-27(32)25(36-28(26)31-23-12-8-19(2)9-13-23)16-20-10-14-24(15-11-20)35-18-22-7-5-4-6-21(22)17-30/h4-16,32H,3,18H2,1-2H3. The van der Waals surface area contributed by atoms with Gasteiger partial charge in [0.25, 0.3) is 0 Å². The third-order valence-electron chi connectivity index (χ3n) is 5.34. The summed E-state index contributed by atoms with van der Waals surface area (Å²) < 4.78 is 11.0. The first-order valence-corrected chi connectivity index (χ1v) is 12.2. The number of aliphatic hydroxyl groups excluding tert-OH is 1. The number of nitrogens with zero attached hydrogens (tertiary/aromatic N) is 2. The molecule has 1 N–H and O–H groups in total. The molecule has 0 atom stereocenters. The number of esters is 1. The molecule has 1 aliphatic rings. The maximum Gasteiger partial charge on any atom is 0.344 e. The Labute approximate surface area is 214 Å². The van der Waals surface area contributed by atoms with E-state index in [1.54, 1.807) is 19.1 Å². The van der Waals surface area contributed by atoms with Crippen LogP contribution in [0, 0.1) is 18.3 Å². The van der Waals surface area contributed by atoms with Gasteiger partial charge < -0.3 is 14.6 Å². The predicted molar refractivity (Wildman–Crippen MR) is 142 cm³/mol. The van der Waals surface area contributed by atoms with E-state index in [9.17, 15) is 15.2 Å². The van der Waals surface area contributed by atoms with E-state index in [4.69, 9.17) is 9.47 Å². The molecule has 0 saturated heterocycles. The van der Waals surface area contributed by atoms with Crippen LogP contribution in [-0.4, -0.2) is 22.7 Å². The third kappa shape index (κ3) is 5.85. The molecule has 180 valence electrons. The van der Waals surface area contributed by atoms with Crippen LogP contribution in [0.3, 0.4) is 0 Å². The highest BCUT2D eigenvalue weighted by Crippen LogP contribution is 2.40. The van der Waals surface area contributed by atoms with Crippen molar-refractivity contribution < 1.29 is 19.4 Å². The number of hydrogen-bond donors (Lipinski definition) is 1. The summed E-state index contributed by atoms with van der Waals surface area (Å²) in [7, 11) is 0. The lowest BCUT2D eigenvalue weighted by Gasteiger charge is -2.08. The number of aryl methyl sites for hydroxylation is 1. The van der Waals surface area contributed by atoms with Gasteiger partial charge in [0, 0.05) is 5.56 Å². The van der Waals surface area contributed by atoms with E-state index < -0.39 is 5.97 Å². The number of nitriles is 1. The maximum atomic E-state index is 12.6. The second-order valence-electron chi connectivity index (χ2n) is 7.93. The minimum Gasteiger partial charge on any atom is -0.506 e. The van der Waals surface area contributed by atoms with Crippen molar-refractivity contribution in [1.82, 2.24) is 0 Å². The molecule has 1 aliphatic heterocycles. The first kappa shape index (κ1) is 24.8. The van der Waals surface area contributed by atoms with Gasteiger partial charge in [0.1, 0.15) is 28.7 Å². The molecule has 4 rings (SSSR count). The second-order valence-corrected chi connectivity index (χ2v) is 8.96. The average Bonchev–Trinajstić information content (AvgIpc) is 3.19. The van der Waals surface area contributed by atoms with Crippen molar-refractivity contribution in [2.45, 2.75) is 20.5 Å². The smallest absolute Gasteiger partial charge is 0.344 e. The van der Waals surface area contributed by atoms with Gasteiger partial charge in [0.2, 0.25) is 0 Å². The minimum absolute atomic E-state index is 0.0600. The number of carbonyl (C=O) groups excluding carboxylic acids is 1. The molecule has 3 aromatic rings. The summed E-state index contributed by atoms with van der Waals surface area (Å²) >= 11 is 1.22. The topological polar surface area (TPSA) is 91.9 Å². The Hall–Kier alpha value is -4.28. The molecular weight excluding hydrogens is 472 g/mol. The van der Waals surface area contributed by atoms with Gasteiger partial charge >= 0.3 is 5.97 Å². The predicted octanol–water partition coefficient (Wildman–Crippen LogP) is 6.64. The third-order valence-corrected chi connectivity index (χ3v) is 6.36. The zero-order chi connectivity index (χ0) is 25.5. The molecule has 36 heavy (non-hydrogen) atoms. The van der Waals surface area contributed by atoms with Crippen LogP contribution in [-0.2, 0) is 16.1 Å². The molecule has 6 nitrogen and oxygen atoms in total. The summed E-state index contributed by atoms with van der Waals surface area (Å²) in [5, 5.41) is 20.5. The maximum absolute atomic E-state index is 12.6.